The first-order valence-electron chi connectivity index (χ1n) is 5.56. The van der Waals surface area contributed by atoms with Crippen molar-refractivity contribution >= 4 is 0 Å². The number of aryl methyl sites for hydroxylation is 1. The van der Waals surface area contributed by atoms with E-state index in [1.54, 1.807) is 0 Å². The molecule has 0 unspecified atom stereocenters. The zero-order valence-corrected chi connectivity index (χ0v) is 9.52. The van der Waals surface area contributed by atoms with Gasteiger partial charge in [-0.1, -0.05) is 48.6 Å². The van der Waals surface area contributed by atoms with Gasteiger partial charge in [0.25, 0.3) is 0 Å². The Morgan fingerprint density at radius 3 is 2.88 bits per heavy atom. The fourth-order valence-corrected chi connectivity index (χ4v) is 1.62. The Kier molecular flexibility index (Phi) is 3.60. The summed E-state index contributed by atoms with van der Waals surface area (Å²) in [7, 11) is 0. The Hall–Kier alpha value is -1.76. The molecular weight excluding hydrogens is 196 g/mol. The van der Waals surface area contributed by atoms with Crippen molar-refractivity contribution in [1.29, 1.82) is 0 Å². The lowest BCUT2D eigenvalue weighted by atomic mass is 10.2. The van der Waals surface area contributed by atoms with Crippen molar-refractivity contribution in [3.63, 3.8) is 0 Å². The highest BCUT2D eigenvalue weighted by Gasteiger charge is 2.00. The van der Waals surface area contributed by atoms with Gasteiger partial charge in [-0.3, -0.25) is 0 Å². The van der Waals surface area contributed by atoms with Crippen LogP contribution in [0.4, 0.5) is 0 Å². The molecule has 0 amide bonds. The van der Waals surface area contributed by atoms with Gasteiger partial charge in [0, 0.05) is 0 Å². The molecule has 0 aromatic heterocycles. The van der Waals surface area contributed by atoms with Gasteiger partial charge in [-0.15, -0.1) is 0 Å². The molecule has 0 bridgehead atoms. The van der Waals surface area contributed by atoms with E-state index in [-0.39, 0.29) is 0 Å². The zero-order chi connectivity index (χ0) is 11.2. The minimum atomic E-state index is 0.666. The van der Waals surface area contributed by atoms with Crippen LogP contribution in [0, 0.1) is 6.92 Å². The zero-order valence-electron chi connectivity index (χ0n) is 9.52. The minimum Gasteiger partial charge on any atom is -0.489 e. The van der Waals surface area contributed by atoms with Crippen LogP contribution in [0.15, 0.2) is 60.2 Å². The molecule has 0 atom stereocenters. The molecule has 2 rings (SSSR count). The highest BCUT2D eigenvalue weighted by Crippen LogP contribution is 2.18. The largest absolute Gasteiger partial charge is 0.489 e. The number of para-hydroxylation sites is 1. The van der Waals surface area contributed by atoms with E-state index in [4.69, 9.17) is 4.74 Å². The van der Waals surface area contributed by atoms with E-state index in [0.717, 1.165) is 12.2 Å². The molecule has 1 aliphatic carbocycles. The van der Waals surface area contributed by atoms with Crippen molar-refractivity contribution in [2.45, 2.75) is 13.3 Å². The maximum atomic E-state index is 5.80. The van der Waals surface area contributed by atoms with Gasteiger partial charge in [-0.05, 0) is 30.5 Å². The van der Waals surface area contributed by atoms with Crippen LogP contribution in [0.5, 0.6) is 5.75 Å². The van der Waals surface area contributed by atoms with Crippen LogP contribution in [0.1, 0.15) is 12.0 Å². The van der Waals surface area contributed by atoms with Crippen molar-refractivity contribution < 1.29 is 4.74 Å². The molecule has 0 radical (unpaired) electrons. The standard InChI is InChI=1S/C15H16O/c1-13-8-6-7-11-15(13)16-12-14-9-4-2-3-5-10-14/h2-9,11H,10,12H2,1H3. The molecule has 1 aromatic rings. The second-order valence-electron chi connectivity index (χ2n) is 3.90. The Morgan fingerprint density at radius 2 is 2.00 bits per heavy atom. The van der Waals surface area contributed by atoms with Crippen molar-refractivity contribution in [3.05, 3.63) is 65.8 Å². The predicted octanol–water partition coefficient (Wildman–Crippen LogP) is 3.82. The van der Waals surface area contributed by atoms with Gasteiger partial charge < -0.3 is 4.74 Å². The third kappa shape index (κ3) is 2.86. The highest BCUT2D eigenvalue weighted by atomic mass is 16.5. The Morgan fingerprint density at radius 1 is 1.12 bits per heavy atom. The number of ether oxygens (including phenoxy) is 1. The Labute approximate surface area is 96.8 Å². The van der Waals surface area contributed by atoms with E-state index in [0.29, 0.717) is 6.61 Å². The van der Waals surface area contributed by atoms with Crippen molar-refractivity contribution in [3.8, 4) is 5.75 Å². The van der Waals surface area contributed by atoms with Gasteiger partial charge in [-0.25, -0.2) is 0 Å². The van der Waals surface area contributed by atoms with Gasteiger partial charge in [-0.2, -0.15) is 0 Å². The van der Waals surface area contributed by atoms with E-state index in [1.807, 2.05) is 24.3 Å². The average Bonchev–Trinajstić information content (AvgIpc) is 2.56. The number of allylic oxidation sites excluding steroid dienone is 5. The lowest BCUT2D eigenvalue weighted by molar-refractivity contribution is 0.347. The van der Waals surface area contributed by atoms with Crippen molar-refractivity contribution in [1.82, 2.24) is 0 Å². The van der Waals surface area contributed by atoms with Crippen LogP contribution in [0.25, 0.3) is 0 Å². The summed E-state index contributed by atoms with van der Waals surface area (Å²) in [6.07, 6.45) is 11.4. The van der Waals surface area contributed by atoms with Crippen LogP contribution < -0.4 is 4.74 Å². The maximum absolute atomic E-state index is 5.80. The molecule has 0 N–H and O–H groups in total. The summed E-state index contributed by atoms with van der Waals surface area (Å²) in [6, 6.07) is 8.11. The average molecular weight is 212 g/mol. The SMILES string of the molecule is Cc1ccccc1OCC1=CC=CC=CC1. The van der Waals surface area contributed by atoms with E-state index in [2.05, 4.69) is 37.3 Å². The quantitative estimate of drug-likeness (QED) is 0.740. The molecule has 1 nitrogen and oxygen atoms in total. The summed E-state index contributed by atoms with van der Waals surface area (Å²) in [5.41, 5.74) is 2.48. The fourth-order valence-electron chi connectivity index (χ4n) is 1.62. The third-order valence-electron chi connectivity index (χ3n) is 2.58. The first-order chi connectivity index (χ1) is 7.86. The molecule has 1 aliphatic rings. The Balaban J connectivity index is 1.97. The summed E-state index contributed by atoms with van der Waals surface area (Å²) < 4.78 is 5.80. The fraction of sp³-hybridized carbons (Fsp3) is 0.200. The van der Waals surface area contributed by atoms with Crippen LogP contribution in [-0.4, -0.2) is 6.61 Å². The summed E-state index contributed by atoms with van der Waals surface area (Å²) in [4.78, 5) is 0. The first-order valence-corrected chi connectivity index (χ1v) is 5.56. The Bertz CT molecular complexity index is 439. The van der Waals surface area contributed by atoms with E-state index in [9.17, 15) is 0 Å². The molecule has 16 heavy (non-hydrogen) atoms. The minimum absolute atomic E-state index is 0.666. The van der Waals surface area contributed by atoms with Crippen LogP contribution in [0.2, 0.25) is 0 Å². The van der Waals surface area contributed by atoms with E-state index >= 15 is 0 Å². The molecule has 0 heterocycles. The van der Waals surface area contributed by atoms with Crippen LogP contribution >= 0.6 is 0 Å². The van der Waals surface area contributed by atoms with Gasteiger partial charge in [0.05, 0.1) is 0 Å². The molecule has 1 aromatic carbocycles. The van der Waals surface area contributed by atoms with Crippen LogP contribution in [-0.2, 0) is 0 Å². The number of hydrogen-bond donors (Lipinski definition) is 0. The van der Waals surface area contributed by atoms with Gasteiger partial charge in [0.15, 0.2) is 0 Å². The lowest BCUT2D eigenvalue weighted by Gasteiger charge is -2.09. The van der Waals surface area contributed by atoms with Crippen molar-refractivity contribution in [2.24, 2.45) is 0 Å². The molecular formula is C15H16O. The first kappa shape index (κ1) is 10.7. The summed E-state index contributed by atoms with van der Waals surface area (Å²) in [6.45, 7) is 2.73. The van der Waals surface area contributed by atoms with Gasteiger partial charge in [0.1, 0.15) is 12.4 Å². The lowest BCUT2D eigenvalue weighted by Crippen LogP contribution is -2.01. The molecule has 82 valence electrons. The monoisotopic (exact) mass is 212 g/mol. The molecule has 0 saturated heterocycles. The number of hydrogen-bond acceptors (Lipinski definition) is 1. The summed E-state index contributed by atoms with van der Waals surface area (Å²) >= 11 is 0. The molecule has 0 fully saturated rings. The molecule has 1 heteroatoms. The van der Waals surface area contributed by atoms with E-state index < -0.39 is 0 Å². The van der Waals surface area contributed by atoms with Gasteiger partial charge in [0.2, 0.25) is 0 Å². The second kappa shape index (κ2) is 5.36. The number of benzene rings is 1. The molecule has 0 aliphatic heterocycles. The van der Waals surface area contributed by atoms with E-state index in [1.165, 1.54) is 11.1 Å². The highest BCUT2D eigenvalue weighted by molar-refractivity contribution is 5.32. The molecule has 0 spiro atoms. The molecule has 0 saturated carbocycles. The second-order valence-corrected chi connectivity index (χ2v) is 3.90. The summed E-state index contributed by atoms with van der Waals surface area (Å²) in [5, 5.41) is 0. The van der Waals surface area contributed by atoms with Crippen molar-refractivity contribution in [2.75, 3.05) is 6.61 Å². The maximum Gasteiger partial charge on any atom is 0.122 e. The van der Waals surface area contributed by atoms with Crippen LogP contribution in [0.3, 0.4) is 0 Å². The topological polar surface area (TPSA) is 9.23 Å². The smallest absolute Gasteiger partial charge is 0.122 e. The summed E-state index contributed by atoms with van der Waals surface area (Å²) in [5.74, 6) is 0.973. The van der Waals surface area contributed by atoms with Gasteiger partial charge >= 0.3 is 0 Å². The number of rotatable bonds is 3. The third-order valence-corrected chi connectivity index (χ3v) is 2.58. The normalized spacial score (nSPS) is 14.4. The predicted molar refractivity (Wildman–Crippen MR) is 67.7 cm³/mol.